The van der Waals surface area contributed by atoms with Gasteiger partial charge in [0.15, 0.2) is 0 Å². The van der Waals surface area contributed by atoms with E-state index in [2.05, 4.69) is 5.32 Å². The minimum atomic E-state index is -0.0205. The van der Waals surface area contributed by atoms with Gasteiger partial charge in [0.2, 0.25) is 0 Å². The van der Waals surface area contributed by atoms with Crippen molar-refractivity contribution in [1.29, 1.82) is 0 Å². The quantitative estimate of drug-likeness (QED) is 0.778. The first-order valence-electron chi connectivity index (χ1n) is 7.30. The largest absolute Gasteiger partial charge is 0.379 e. The van der Waals surface area contributed by atoms with Gasteiger partial charge in [0.05, 0.1) is 12.7 Å². The Morgan fingerprint density at radius 3 is 3.15 bits per heavy atom. The van der Waals surface area contributed by atoms with E-state index in [9.17, 15) is 4.79 Å². The van der Waals surface area contributed by atoms with Crippen LogP contribution < -0.4 is 5.32 Å². The maximum absolute atomic E-state index is 11.9. The normalized spacial score (nSPS) is 18.1. The Hall–Kier alpha value is -1.39. The molecule has 0 aromatic heterocycles. The van der Waals surface area contributed by atoms with Gasteiger partial charge < -0.3 is 14.8 Å². The highest BCUT2D eigenvalue weighted by Crippen LogP contribution is 2.11. The van der Waals surface area contributed by atoms with E-state index in [1.165, 1.54) is 0 Å². The first-order valence-corrected chi connectivity index (χ1v) is 7.30. The Morgan fingerprint density at radius 2 is 2.40 bits per heavy atom. The summed E-state index contributed by atoms with van der Waals surface area (Å²) in [4.78, 5) is 11.9. The summed E-state index contributed by atoms with van der Waals surface area (Å²) in [5.74, 6) is -0.0205. The van der Waals surface area contributed by atoms with Gasteiger partial charge in [0.1, 0.15) is 0 Å². The third kappa shape index (κ3) is 4.94. The van der Waals surface area contributed by atoms with E-state index in [-0.39, 0.29) is 12.0 Å². The molecule has 1 N–H and O–H groups in total. The number of ether oxygens (including phenoxy) is 2. The van der Waals surface area contributed by atoms with E-state index in [0.717, 1.165) is 31.4 Å². The van der Waals surface area contributed by atoms with Crippen LogP contribution in [-0.2, 0) is 9.47 Å². The van der Waals surface area contributed by atoms with Crippen molar-refractivity contribution in [2.24, 2.45) is 0 Å². The number of carbonyl (C=O) groups is 1. The van der Waals surface area contributed by atoms with Crippen LogP contribution in [0.2, 0.25) is 0 Å². The summed E-state index contributed by atoms with van der Waals surface area (Å²) in [5, 5.41) is 2.90. The molecule has 0 unspecified atom stereocenters. The summed E-state index contributed by atoms with van der Waals surface area (Å²) in [7, 11) is 0. The summed E-state index contributed by atoms with van der Waals surface area (Å²) < 4.78 is 11.0. The van der Waals surface area contributed by atoms with Crippen LogP contribution in [0, 0.1) is 6.92 Å². The Morgan fingerprint density at radius 1 is 1.50 bits per heavy atom. The van der Waals surface area contributed by atoms with Crippen LogP contribution in [0.5, 0.6) is 0 Å². The Balaban J connectivity index is 1.55. The Kier molecular flexibility index (Phi) is 6.02. The molecule has 1 aliphatic heterocycles. The molecule has 2 rings (SSSR count). The van der Waals surface area contributed by atoms with Crippen LogP contribution >= 0.6 is 0 Å². The van der Waals surface area contributed by atoms with Gasteiger partial charge >= 0.3 is 0 Å². The van der Waals surface area contributed by atoms with E-state index in [1.807, 2.05) is 31.2 Å². The van der Waals surface area contributed by atoms with Gasteiger partial charge in [-0.1, -0.05) is 17.7 Å². The molecule has 1 fully saturated rings. The fraction of sp³-hybridized carbons (Fsp3) is 0.562. The van der Waals surface area contributed by atoms with Gasteiger partial charge in [0, 0.05) is 25.3 Å². The zero-order chi connectivity index (χ0) is 14.2. The molecular weight excluding hydrogens is 254 g/mol. The molecule has 1 saturated heterocycles. The molecule has 1 heterocycles. The molecule has 0 spiro atoms. The fourth-order valence-corrected chi connectivity index (χ4v) is 2.26. The molecule has 1 aromatic rings. The average molecular weight is 277 g/mol. The van der Waals surface area contributed by atoms with Crippen molar-refractivity contribution < 1.29 is 14.3 Å². The molecule has 4 heteroatoms. The minimum Gasteiger partial charge on any atom is -0.379 e. The van der Waals surface area contributed by atoms with E-state index in [4.69, 9.17) is 9.47 Å². The second-order valence-electron chi connectivity index (χ2n) is 5.19. The standard InChI is InChI=1S/C16H23NO3/c1-13-5-2-6-14(11-13)16(18)17-8-4-9-19-12-15-7-3-10-20-15/h2,5-6,11,15H,3-4,7-10,12H2,1H3,(H,17,18)/t15-/m0/s1. The zero-order valence-electron chi connectivity index (χ0n) is 12.1. The first kappa shape index (κ1) is 15.0. The monoisotopic (exact) mass is 277 g/mol. The van der Waals surface area contributed by atoms with Gasteiger partial charge in [-0.2, -0.15) is 0 Å². The van der Waals surface area contributed by atoms with Crippen LogP contribution in [0.15, 0.2) is 24.3 Å². The van der Waals surface area contributed by atoms with E-state index < -0.39 is 0 Å². The Labute approximate surface area is 120 Å². The smallest absolute Gasteiger partial charge is 0.251 e. The first-order chi connectivity index (χ1) is 9.75. The van der Waals surface area contributed by atoms with E-state index in [0.29, 0.717) is 25.3 Å². The highest BCUT2D eigenvalue weighted by atomic mass is 16.5. The molecule has 0 saturated carbocycles. The predicted molar refractivity (Wildman–Crippen MR) is 77.9 cm³/mol. The lowest BCUT2D eigenvalue weighted by atomic mass is 10.1. The molecule has 4 nitrogen and oxygen atoms in total. The highest BCUT2D eigenvalue weighted by molar-refractivity contribution is 5.94. The van der Waals surface area contributed by atoms with Crippen molar-refractivity contribution >= 4 is 5.91 Å². The maximum atomic E-state index is 11.9. The second-order valence-corrected chi connectivity index (χ2v) is 5.19. The fourth-order valence-electron chi connectivity index (χ4n) is 2.26. The number of amides is 1. The zero-order valence-corrected chi connectivity index (χ0v) is 12.1. The van der Waals surface area contributed by atoms with Crippen molar-refractivity contribution in [3.8, 4) is 0 Å². The summed E-state index contributed by atoms with van der Waals surface area (Å²) >= 11 is 0. The molecule has 1 aliphatic rings. The lowest BCUT2D eigenvalue weighted by Crippen LogP contribution is -2.25. The highest BCUT2D eigenvalue weighted by Gasteiger charge is 2.14. The Bertz CT molecular complexity index is 427. The molecule has 1 atom stereocenters. The minimum absolute atomic E-state index is 0.0205. The number of hydrogen-bond acceptors (Lipinski definition) is 3. The van der Waals surface area contributed by atoms with Crippen molar-refractivity contribution in [3.05, 3.63) is 35.4 Å². The third-order valence-corrected chi connectivity index (χ3v) is 3.36. The van der Waals surface area contributed by atoms with Gasteiger partial charge in [0.25, 0.3) is 5.91 Å². The average Bonchev–Trinajstić information content (AvgIpc) is 2.95. The molecule has 0 bridgehead atoms. The molecule has 20 heavy (non-hydrogen) atoms. The van der Waals surface area contributed by atoms with E-state index >= 15 is 0 Å². The number of nitrogens with one attached hydrogen (secondary N) is 1. The maximum Gasteiger partial charge on any atom is 0.251 e. The lowest BCUT2D eigenvalue weighted by Gasteiger charge is -2.10. The van der Waals surface area contributed by atoms with E-state index in [1.54, 1.807) is 0 Å². The number of benzene rings is 1. The number of carbonyl (C=O) groups excluding carboxylic acids is 1. The molecule has 1 amide bonds. The number of hydrogen-bond donors (Lipinski definition) is 1. The second kappa shape index (κ2) is 8.02. The van der Waals surface area contributed by atoms with Gasteiger partial charge in [-0.15, -0.1) is 0 Å². The molecular formula is C16H23NO3. The SMILES string of the molecule is Cc1cccc(C(=O)NCCCOC[C@@H]2CCCO2)c1. The molecule has 110 valence electrons. The van der Waals surface area contributed by atoms with Crippen molar-refractivity contribution in [3.63, 3.8) is 0 Å². The third-order valence-electron chi connectivity index (χ3n) is 3.36. The summed E-state index contributed by atoms with van der Waals surface area (Å²) in [6.07, 6.45) is 3.34. The lowest BCUT2D eigenvalue weighted by molar-refractivity contribution is 0.0166. The summed E-state index contributed by atoms with van der Waals surface area (Å²) in [6, 6.07) is 7.60. The van der Waals surface area contributed by atoms with Gasteiger partial charge in [-0.3, -0.25) is 4.79 Å². The van der Waals surface area contributed by atoms with Gasteiger partial charge in [-0.25, -0.2) is 0 Å². The predicted octanol–water partition coefficient (Wildman–Crippen LogP) is 2.31. The van der Waals surface area contributed by atoms with Crippen LogP contribution in [0.4, 0.5) is 0 Å². The molecule has 1 aromatic carbocycles. The number of rotatable bonds is 7. The molecule has 0 radical (unpaired) electrons. The topological polar surface area (TPSA) is 47.6 Å². The van der Waals surface area contributed by atoms with Crippen molar-refractivity contribution in [1.82, 2.24) is 5.32 Å². The van der Waals surface area contributed by atoms with Crippen molar-refractivity contribution in [2.75, 3.05) is 26.4 Å². The van der Waals surface area contributed by atoms with Crippen molar-refractivity contribution in [2.45, 2.75) is 32.3 Å². The van der Waals surface area contributed by atoms with Crippen LogP contribution in [-0.4, -0.2) is 38.4 Å². The van der Waals surface area contributed by atoms with Crippen LogP contribution in [0.1, 0.15) is 35.2 Å². The van der Waals surface area contributed by atoms with Crippen LogP contribution in [0.3, 0.4) is 0 Å². The van der Waals surface area contributed by atoms with Gasteiger partial charge in [-0.05, 0) is 38.3 Å². The number of aryl methyl sites for hydroxylation is 1. The van der Waals surface area contributed by atoms with Crippen LogP contribution in [0.25, 0.3) is 0 Å². The summed E-state index contributed by atoms with van der Waals surface area (Å²) in [6.45, 7) is 4.81. The molecule has 0 aliphatic carbocycles. The summed E-state index contributed by atoms with van der Waals surface area (Å²) in [5.41, 5.74) is 1.81.